The number of likely N-dealkylation sites (tertiary alicyclic amines) is 1. The van der Waals surface area contributed by atoms with Crippen molar-refractivity contribution in [2.45, 2.75) is 31.9 Å². The number of aromatic nitrogens is 2. The molecule has 1 fully saturated rings. The molecule has 28 heavy (non-hydrogen) atoms. The number of H-pyrrole nitrogens is 1. The first-order chi connectivity index (χ1) is 13.4. The minimum Gasteiger partial charge on any atom is -0.508 e. The number of aromatic hydroxyl groups is 1. The average Bonchev–Trinajstić information content (AvgIpc) is 2.70. The zero-order chi connectivity index (χ0) is 20.1. The number of carbonyl (C=O) groups excluding carboxylic acids is 2. The van der Waals surface area contributed by atoms with Crippen molar-refractivity contribution in [2.24, 2.45) is 0 Å². The van der Waals surface area contributed by atoms with E-state index in [9.17, 15) is 19.5 Å². The maximum absolute atomic E-state index is 12.4. The molecule has 1 atom stereocenters. The van der Waals surface area contributed by atoms with Gasteiger partial charge in [-0.1, -0.05) is 0 Å². The Bertz CT molecular complexity index is 867. The molecule has 0 aliphatic carbocycles. The predicted octanol–water partition coefficient (Wildman–Crippen LogP) is 0.664. The third-order valence-corrected chi connectivity index (χ3v) is 4.55. The molecular formula is C19H22N4O5. The van der Waals surface area contributed by atoms with Crippen molar-refractivity contribution in [3.8, 4) is 11.5 Å². The number of phenols is 1. The molecule has 148 valence electrons. The monoisotopic (exact) mass is 386 g/mol. The Morgan fingerprint density at radius 1 is 1.21 bits per heavy atom. The number of hydrogen-bond donors (Lipinski definition) is 3. The molecule has 1 aliphatic heterocycles. The highest BCUT2D eigenvalue weighted by molar-refractivity contribution is 5.92. The molecule has 9 heteroatoms. The molecule has 1 aromatic carbocycles. The van der Waals surface area contributed by atoms with Gasteiger partial charge in [-0.05, 0) is 50.1 Å². The first kappa shape index (κ1) is 19.4. The summed E-state index contributed by atoms with van der Waals surface area (Å²) >= 11 is 0. The molecular weight excluding hydrogens is 364 g/mol. The molecule has 2 heterocycles. The Hall–Kier alpha value is -3.36. The van der Waals surface area contributed by atoms with E-state index in [-0.39, 0.29) is 34.9 Å². The van der Waals surface area contributed by atoms with Crippen molar-refractivity contribution in [1.82, 2.24) is 20.4 Å². The van der Waals surface area contributed by atoms with Crippen LogP contribution in [0.5, 0.6) is 11.5 Å². The molecule has 0 bridgehead atoms. The summed E-state index contributed by atoms with van der Waals surface area (Å²) in [6.45, 7) is 2.62. The van der Waals surface area contributed by atoms with Gasteiger partial charge in [-0.15, -0.1) is 0 Å². The lowest BCUT2D eigenvalue weighted by atomic mass is 10.0. The van der Waals surface area contributed by atoms with Crippen LogP contribution in [-0.4, -0.2) is 57.3 Å². The molecule has 1 saturated heterocycles. The second-order valence-corrected chi connectivity index (χ2v) is 6.64. The summed E-state index contributed by atoms with van der Waals surface area (Å²) in [5.74, 6) is 0.141. The van der Waals surface area contributed by atoms with E-state index < -0.39 is 6.10 Å². The molecule has 0 saturated carbocycles. The quantitative estimate of drug-likeness (QED) is 0.693. The van der Waals surface area contributed by atoms with Crippen molar-refractivity contribution in [1.29, 1.82) is 0 Å². The van der Waals surface area contributed by atoms with E-state index >= 15 is 0 Å². The number of piperidine rings is 1. The van der Waals surface area contributed by atoms with Crippen LogP contribution in [0.1, 0.15) is 30.3 Å². The molecule has 9 nitrogen and oxygen atoms in total. The summed E-state index contributed by atoms with van der Waals surface area (Å²) in [5, 5.41) is 18.2. The number of nitrogens with zero attached hydrogens (tertiary/aromatic N) is 2. The number of benzene rings is 1. The Morgan fingerprint density at radius 2 is 1.89 bits per heavy atom. The van der Waals surface area contributed by atoms with Gasteiger partial charge in [-0.3, -0.25) is 14.4 Å². The number of carbonyl (C=O) groups is 2. The summed E-state index contributed by atoms with van der Waals surface area (Å²) in [6, 6.07) is 8.78. The van der Waals surface area contributed by atoms with Crippen LogP contribution in [0.2, 0.25) is 0 Å². The van der Waals surface area contributed by atoms with E-state index in [0.29, 0.717) is 31.7 Å². The summed E-state index contributed by atoms with van der Waals surface area (Å²) in [4.78, 5) is 37.4. The highest BCUT2D eigenvalue weighted by Gasteiger charge is 2.27. The minimum absolute atomic E-state index is 0.0500. The van der Waals surface area contributed by atoms with Gasteiger partial charge in [0, 0.05) is 25.2 Å². The lowest BCUT2D eigenvalue weighted by Crippen LogP contribution is -2.49. The standard InChI is InChI=1S/C19H22N4O5/c1-12(28-15-4-2-14(24)3-5-15)18(26)20-13-8-10-23(11-9-13)19(27)16-6-7-17(25)22-21-16/h2-7,12-13,24H,8-11H2,1H3,(H,20,26)(H,22,25). The van der Waals surface area contributed by atoms with E-state index in [1.54, 1.807) is 24.0 Å². The van der Waals surface area contributed by atoms with Gasteiger partial charge in [0.1, 0.15) is 17.2 Å². The van der Waals surface area contributed by atoms with Gasteiger partial charge in [0.15, 0.2) is 6.10 Å². The minimum atomic E-state index is -0.686. The zero-order valence-corrected chi connectivity index (χ0v) is 15.4. The Kier molecular flexibility index (Phi) is 5.93. The van der Waals surface area contributed by atoms with Crippen LogP contribution in [0.25, 0.3) is 0 Å². The second kappa shape index (κ2) is 8.55. The smallest absolute Gasteiger partial charge is 0.274 e. The molecule has 1 aliphatic rings. The summed E-state index contributed by atoms with van der Waals surface area (Å²) in [6.07, 6.45) is 0.550. The lowest BCUT2D eigenvalue weighted by Gasteiger charge is -2.32. The number of amides is 2. The normalized spacial score (nSPS) is 15.7. The van der Waals surface area contributed by atoms with Crippen LogP contribution in [0, 0.1) is 0 Å². The number of rotatable bonds is 5. The van der Waals surface area contributed by atoms with Gasteiger partial charge in [0.05, 0.1) is 0 Å². The number of ether oxygens (including phenoxy) is 1. The largest absolute Gasteiger partial charge is 0.508 e. The van der Waals surface area contributed by atoms with Crippen molar-refractivity contribution in [3.05, 3.63) is 52.4 Å². The first-order valence-electron chi connectivity index (χ1n) is 9.03. The predicted molar refractivity (Wildman–Crippen MR) is 100 cm³/mol. The van der Waals surface area contributed by atoms with Crippen molar-refractivity contribution >= 4 is 11.8 Å². The molecule has 2 aromatic rings. The maximum Gasteiger partial charge on any atom is 0.274 e. The summed E-state index contributed by atoms with van der Waals surface area (Å²) in [7, 11) is 0. The van der Waals surface area contributed by atoms with Gasteiger partial charge in [-0.2, -0.15) is 5.10 Å². The van der Waals surface area contributed by atoms with Gasteiger partial charge in [-0.25, -0.2) is 5.10 Å². The SMILES string of the molecule is CC(Oc1ccc(O)cc1)C(=O)NC1CCN(C(=O)c2ccc(=O)[nH]n2)CC1. The van der Waals surface area contributed by atoms with E-state index in [1.807, 2.05) is 0 Å². The maximum atomic E-state index is 12.4. The van der Waals surface area contributed by atoms with Crippen LogP contribution in [0.3, 0.4) is 0 Å². The van der Waals surface area contributed by atoms with Crippen LogP contribution in [0.4, 0.5) is 0 Å². The Labute approximate surface area is 161 Å². The fourth-order valence-corrected chi connectivity index (χ4v) is 2.95. The van der Waals surface area contributed by atoms with Crippen LogP contribution in [-0.2, 0) is 4.79 Å². The topological polar surface area (TPSA) is 125 Å². The molecule has 0 radical (unpaired) electrons. The highest BCUT2D eigenvalue weighted by Crippen LogP contribution is 2.18. The fourth-order valence-electron chi connectivity index (χ4n) is 2.95. The summed E-state index contributed by atoms with van der Waals surface area (Å²) < 4.78 is 5.57. The first-order valence-corrected chi connectivity index (χ1v) is 9.03. The highest BCUT2D eigenvalue weighted by atomic mass is 16.5. The molecule has 1 unspecified atom stereocenters. The van der Waals surface area contributed by atoms with Gasteiger partial charge in [0.25, 0.3) is 17.4 Å². The number of nitrogens with one attached hydrogen (secondary N) is 2. The molecule has 3 rings (SSSR count). The van der Waals surface area contributed by atoms with Gasteiger partial charge < -0.3 is 20.1 Å². The van der Waals surface area contributed by atoms with Crippen molar-refractivity contribution in [3.63, 3.8) is 0 Å². The van der Waals surface area contributed by atoms with Crippen molar-refractivity contribution < 1.29 is 19.4 Å². The fraction of sp³-hybridized carbons (Fsp3) is 0.368. The Morgan fingerprint density at radius 3 is 2.50 bits per heavy atom. The number of aromatic amines is 1. The van der Waals surface area contributed by atoms with Gasteiger partial charge >= 0.3 is 0 Å². The third kappa shape index (κ3) is 4.87. The van der Waals surface area contributed by atoms with E-state index in [0.717, 1.165) is 0 Å². The second-order valence-electron chi connectivity index (χ2n) is 6.64. The van der Waals surface area contributed by atoms with E-state index in [2.05, 4.69) is 15.5 Å². The van der Waals surface area contributed by atoms with Crippen molar-refractivity contribution in [2.75, 3.05) is 13.1 Å². The van der Waals surface area contributed by atoms with E-state index in [4.69, 9.17) is 4.74 Å². The van der Waals surface area contributed by atoms with Crippen LogP contribution >= 0.6 is 0 Å². The molecule has 2 amide bonds. The number of hydrogen-bond acceptors (Lipinski definition) is 6. The van der Waals surface area contributed by atoms with Crippen LogP contribution < -0.4 is 15.6 Å². The van der Waals surface area contributed by atoms with E-state index in [1.165, 1.54) is 24.3 Å². The molecule has 1 aromatic heterocycles. The average molecular weight is 386 g/mol. The molecule has 0 spiro atoms. The number of phenolic OH excluding ortho intramolecular Hbond substituents is 1. The summed E-state index contributed by atoms with van der Waals surface area (Å²) in [5.41, 5.74) is -0.167. The van der Waals surface area contributed by atoms with Crippen LogP contribution in [0.15, 0.2) is 41.2 Å². The zero-order valence-electron chi connectivity index (χ0n) is 15.4. The lowest BCUT2D eigenvalue weighted by molar-refractivity contribution is -0.128. The molecule has 3 N–H and O–H groups in total. The third-order valence-electron chi connectivity index (χ3n) is 4.55. The Balaban J connectivity index is 1.47. The van der Waals surface area contributed by atoms with Gasteiger partial charge in [0.2, 0.25) is 0 Å².